The van der Waals surface area contributed by atoms with Crippen LogP contribution in [0.25, 0.3) is 0 Å². The molecule has 0 unspecified atom stereocenters. The normalized spacial score (nSPS) is 11.9. The Bertz CT molecular complexity index is 605. The van der Waals surface area contributed by atoms with Gasteiger partial charge in [0.1, 0.15) is 28.2 Å². The highest BCUT2D eigenvalue weighted by atomic mass is 35.5. The first-order valence-corrected chi connectivity index (χ1v) is 9.12. The molecule has 0 heterocycles. The zero-order valence-corrected chi connectivity index (χ0v) is 17.3. The minimum Gasteiger partial charge on any atom is -0.489 e. The van der Waals surface area contributed by atoms with Gasteiger partial charge in [-0.15, -0.1) is 0 Å². The van der Waals surface area contributed by atoms with Crippen molar-refractivity contribution in [3.63, 3.8) is 0 Å². The first-order chi connectivity index (χ1) is 11.7. The maximum absolute atomic E-state index is 5.97. The fourth-order valence-electron chi connectivity index (χ4n) is 2.03. The first-order valence-electron chi connectivity index (χ1n) is 8.36. The molecule has 1 aromatic carbocycles. The summed E-state index contributed by atoms with van der Waals surface area (Å²) in [7, 11) is 0. The number of ether oxygens (including phenoxy) is 2. The molecule has 0 radical (unpaired) electrons. The summed E-state index contributed by atoms with van der Waals surface area (Å²) >= 11 is 11.2. The molecule has 0 aliphatic rings. The van der Waals surface area contributed by atoms with Crippen molar-refractivity contribution < 1.29 is 14.3 Å². The van der Waals surface area contributed by atoms with Crippen LogP contribution in [0.4, 0.5) is 0 Å². The van der Waals surface area contributed by atoms with Gasteiger partial charge in [0, 0.05) is 6.92 Å². The van der Waals surface area contributed by atoms with Gasteiger partial charge in [0.25, 0.3) is 0 Å². The Morgan fingerprint density at radius 3 is 2.12 bits per heavy atom. The minimum absolute atomic E-state index is 0.192. The average Bonchev–Trinajstić information content (AvgIpc) is 2.52. The summed E-state index contributed by atoms with van der Waals surface area (Å²) in [6.45, 7) is 12.0. The Kier molecular flexibility index (Phi) is 8.60. The highest BCUT2D eigenvalue weighted by molar-refractivity contribution is 6.55. The number of halogens is 2. The molecule has 6 heteroatoms. The molecule has 0 aliphatic carbocycles. The molecule has 25 heavy (non-hydrogen) atoms. The molecule has 0 spiro atoms. The predicted molar refractivity (Wildman–Crippen MR) is 105 cm³/mol. The molecule has 140 valence electrons. The van der Waals surface area contributed by atoms with E-state index in [9.17, 15) is 0 Å². The van der Waals surface area contributed by atoms with Crippen LogP contribution < -0.4 is 9.47 Å². The van der Waals surface area contributed by atoms with E-state index in [2.05, 4.69) is 19.0 Å². The minimum atomic E-state index is -0.360. The second-order valence-corrected chi connectivity index (χ2v) is 7.51. The van der Waals surface area contributed by atoms with E-state index in [4.69, 9.17) is 37.5 Å². The Hall–Kier alpha value is -1.39. The molecule has 0 aromatic heterocycles. The molecule has 0 atom stereocenters. The lowest BCUT2D eigenvalue weighted by Gasteiger charge is -2.18. The van der Waals surface area contributed by atoms with Crippen LogP contribution in [-0.4, -0.2) is 18.1 Å². The van der Waals surface area contributed by atoms with Crippen LogP contribution in [0.1, 0.15) is 52.7 Å². The molecule has 1 aromatic rings. The summed E-state index contributed by atoms with van der Waals surface area (Å²) in [5, 5.41) is 4.06. The number of nitrogens with zero attached hydrogens (tertiary/aromatic N) is 1. The molecule has 0 saturated heterocycles. The number of hydrogen-bond donors (Lipinski definition) is 0. The van der Waals surface area contributed by atoms with E-state index in [1.807, 2.05) is 32.9 Å². The van der Waals surface area contributed by atoms with Crippen molar-refractivity contribution in [1.82, 2.24) is 0 Å². The number of aryl methyl sites for hydroxylation is 2. The van der Waals surface area contributed by atoms with Gasteiger partial charge in [-0.2, -0.15) is 0 Å². The van der Waals surface area contributed by atoms with Gasteiger partial charge in [-0.05, 0) is 62.9 Å². The molecular formula is C19H27Cl2NO3. The van der Waals surface area contributed by atoms with Crippen molar-refractivity contribution in [3.05, 3.63) is 33.8 Å². The Balaban J connectivity index is 3.04. The maximum atomic E-state index is 5.97. The van der Waals surface area contributed by atoms with Crippen LogP contribution in [0.15, 0.2) is 27.9 Å². The van der Waals surface area contributed by atoms with Gasteiger partial charge in [0.05, 0.1) is 0 Å². The fraction of sp³-hybridized carbons (Fsp3) is 0.526. The Morgan fingerprint density at radius 2 is 1.68 bits per heavy atom. The lowest BCUT2D eigenvalue weighted by atomic mass is 10.0. The monoisotopic (exact) mass is 387 g/mol. The molecule has 0 N–H and O–H groups in total. The topological polar surface area (TPSA) is 40.0 Å². The summed E-state index contributed by atoms with van der Waals surface area (Å²) in [5.74, 6) is 2.03. The van der Waals surface area contributed by atoms with E-state index in [0.717, 1.165) is 35.5 Å². The highest BCUT2D eigenvalue weighted by Crippen LogP contribution is 2.31. The lowest BCUT2D eigenvalue weighted by molar-refractivity contribution is -0.00186. The van der Waals surface area contributed by atoms with Gasteiger partial charge in [-0.3, -0.25) is 0 Å². The Labute approximate surface area is 160 Å². The van der Waals surface area contributed by atoms with Crippen molar-refractivity contribution in [2.45, 2.75) is 60.0 Å². The van der Waals surface area contributed by atoms with Crippen LogP contribution >= 0.6 is 23.2 Å². The van der Waals surface area contributed by atoms with Gasteiger partial charge in [-0.25, -0.2) is 0 Å². The fourth-order valence-corrected chi connectivity index (χ4v) is 2.16. The largest absolute Gasteiger partial charge is 0.489 e. The van der Waals surface area contributed by atoms with Crippen LogP contribution in [0.5, 0.6) is 11.5 Å². The molecular weight excluding hydrogens is 361 g/mol. The SMILES string of the molecule is CCc1cc(OCC=C(Cl)Cl)cc(CC)c1OC(C)=NOC(C)(C)C. The number of benzene rings is 1. The summed E-state index contributed by atoms with van der Waals surface area (Å²) in [6.07, 6.45) is 3.21. The highest BCUT2D eigenvalue weighted by Gasteiger charge is 2.14. The van der Waals surface area contributed by atoms with Crippen molar-refractivity contribution in [2.24, 2.45) is 5.16 Å². The third-order valence-electron chi connectivity index (χ3n) is 3.16. The van der Waals surface area contributed by atoms with Crippen LogP contribution in [0, 0.1) is 0 Å². The molecule has 0 bridgehead atoms. The van der Waals surface area contributed by atoms with E-state index >= 15 is 0 Å². The van der Waals surface area contributed by atoms with E-state index in [1.165, 1.54) is 0 Å². The standard InChI is InChI=1S/C19H27Cl2NO3/c1-7-14-11-16(23-10-9-17(20)21)12-15(8-2)18(14)24-13(3)22-25-19(4,5)6/h9,11-12H,7-8,10H2,1-6H3. The van der Waals surface area contributed by atoms with E-state index in [-0.39, 0.29) is 10.1 Å². The summed E-state index contributed by atoms with van der Waals surface area (Å²) < 4.78 is 11.9. The van der Waals surface area contributed by atoms with E-state index < -0.39 is 0 Å². The summed E-state index contributed by atoms with van der Waals surface area (Å²) in [4.78, 5) is 5.42. The molecule has 0 saturated carbocycles. The molecule has 0 fully saturated rings. The maximum Gasteiger partial charge on any atom is 0.228 e. The van der Waals surface area contributed by atoms with Crippen molar-refractivity contribution in [3.8, 4) is 11.5 Å². The molecule has 4 nitrogen and oxygen atoms in total. The number of rotatable bonds is 7. The quantitative estimate of drug-likeness (QED) is 0.325. The molecule has 1 rings (SSSR count). The second-order valence-electron chi connectivity index (χ2n) is 6.50. The van der Waals surface area contributed by atoms with Crippen LogP contribution in [-0.2, 0) is 17.7 Å². The van der Waals surface area contributed by atoms with Gasteiger partial charge in [0.15, 0.2) is 0 Å². The van der Waals surface area contributed by atoms with Gasteiger partial charge >= 0.3 is 0 Å². The number of oxime groups is 1. The Morgan fingerprint density at radius 1 is 1.12 bits per heavy atom. The van der Waals surface area contributed by atoms with E-state index in [1.54, 1.807) is 13.0 Å². The predicted octanol–water partition coefficient (Wildman–Crippen LogP) is 6.04. The lowest BCUT2D eigenvalue weighted by Crippen LogP contribution is -2.18. The molecule has 0 amide bonds. The third kappa shape index (κ3) is 8.02. The zero-order valence-electron chi connectivity index (χ0n) is 15.8. The smallest absolute Gasteiger partial charge is 0.228 e. The van der Waals surface area contributed by atoms with Crippen molar-refractivity contribution >= 4 is 29.1 Å². The van der Waals surface area contributed by atoms with E-state index in [0.29, 0.717) is 12.5 Å². The second kappa shape index (κ2) is 9.93. The van der Waals surface area contributed by atoms with Crippen molar-refractivity contribution in [1.29, 1.82) is 0 Å². The average molecular weight is 388 g/mol. The van der Waals surface area contributed by atoms with Gasteiger partial charge in [0.2, 0.25) is 5.90 Å². The third-order valence-corrected chi connectivity index (χ3v) is 3.47. The van der Waals surface area contributed by atoms with Crippen LogP contribution in [0.3, 0.4) is 0 Å². The van der Waals surface area contributed by atoms with Crippen molar-refractivity contribution in [2.75, 3.05) is 6.61 Å². The summed E-state index contributed by atoms with van der Waals surface area (Å²) in [6, 6.07) is 3.92. The molecule has 0 aliphatic heterocycles. The van der Waals surface area contributed by atoms with Gasteiger partial charge < -0.3 is 14.3 Å². The van der Waals surface area contributed by atoms with Crippen LogP contribution in [0.2, 0.25) is 0 Å². The summed E-state index contributed by atoms with van der Waals surface area (Å²) in [5.41, 5.74) is 1.72. The number of hydrogen-bond acceptors (Lipinski definition) is 4. The first kappa shape index (κ1) is 21.7. The van der Waals surface area contributed by atoms with Gasteiger partial charge in [-0.1, -0.05) is 42.2 Å². The zero-order chi connectivity index (χ0) is 19.0.